The van der Waals surface area contributed by atoms with Crippen molar-refractivity contribution >= 4 is 15.9 Å². The topological polar surface area (TPSA) is 66.5 Å². The highest BCUT2D eigenvalue weighted by molar-refractivity contribution is 7.89. The first-order valence-corrected chi connectivity index (χ1v) is 9.61. The molecule has 1 aromatic rings. The van der Waals surface area contributed by atoms with E-state index in [4.69, 9.17) is 0 Å². The van der Waals surface area contributed by atoms with Crippen molar-refractivity contribution in [1.29, 1.82) is 0 Å². The average molecular weight is 336 g/mol. The average Bonchev–Trinajstić information content (AvgIpc) is 3.15. The zero-order valence-corrected chi connectivity index (χ0v) is 14.5. The number of carbonyl (C=O) groups excluding carboxylic acids is 1. The Labute approximate surface area is 138 Å². The van der Waals surface area contributed by atoms with Gasteiger partial charge in [0.05, 0.1) is 4.90 Å². The summed E-state index contributed by atoms with van der Waals surface area (Å²) in [5, 5.41) is 2.74. The summed E-state index contributed by atoms with van der Waals surface area (Å²) in [5.74, 6) is -0.0113. The van der Waals surface area contributed by atoms with Crippen LogP contribution < -0.4 is 5.32 Å². The van der Waals surface area contributed by atoms with E-state index in [-0.39, 0.29) is 17.2 Å². The molecule has 1 aliphatic carbocycles. The zero-order valence-electron chi connectivity index (χ0n) is 13.7. The van der Waals surface area contributed by atoms with Gasteiger partial charge in [0.25, 0.3) is 0 Å². The highest BCUT2D eigenvalue weighted by Crippen LogP contribution is 2.50. The Bertz CT molecular complexity index is 699. The molecular weight excluding hydrogens is 312 g/mol. The van der Waals surface area contributed by atoms with Crippen LogP contribution in [0.4, 0.5) is 0 Å². The molecule has 0 bridgehead atoms. The maximum Gasteiger partial charge on any atom is 0.243 e. The van der Waals surface area contributed by atoms with Crippen LogP contribution in [0.2, 0.25) is 0 Å². The van der Waals surface area contributed by atoms with Crippen molar-refractivity contribution in [3.8, 4) is 0 Å². The Morgan fingerprint density at radius 2 is 1.96 bits per heavy atom. The van der Waals surface area contributed by atoms with E-state index in [0.717, 1.165) is 31.2 Å². The molecule has 6 heteroatoms. The van der Waals surface area contributed by atoms with Crippen LogP contribution >= 0.6 is 0 Å². The maximum atomic E-state index is 12.9. The van der Waals surface area contributed by atoms with E-state index in [0.29, 0.717) is 18.0 Å². The predicted octanol–water partition coefficient (Wildman–Crippen LogP) is 1.92. The number of sulfonamides is 1. The summed E-state index contributed by atoms with van der Waals surface area (Å²) in [6.07, 6.45) is 3.57. The summed E-state index contributed by atoms with van der Waals surface area (Å²) in [6, 6.07) is 6.98. The first kappa shape index (κ1) is 16.5. The first-order valence-electron chi connectivity index (χ1n) is 8.17. The molecule has 1 N–H and O–H groups in total. The quantitative estimate of drug-likeness (QED) is 0.917. The lowest BCUT2D eigenvalue weighted by Gasteiger charge is -2.30. The number of hydrogen-bond acceptors (Lipinski definition) is 3. The maximum absolute atomic E-state index is 12.9. The van der Waals surface area contributed by atoms with Gasteiger partial charge in [-0.25, -0.2) is 8.42 Å². The Balaban J connectivity index is 1.84. The van der Waals surface area contributed by atoms with Gasteiger partial charge < -0.3 is 5.32 Å². The third-order valence-corrected chi connectivity index (χ3v) is 7.34. The highest BCUT2D eigenvalue weighted by atomic mass is 32.2. The van der Waals surface area contributed by atoms with Gasteiger partial charge in [-0.1, -0.05) is 24.1 Å². The summed E-state index contributed by atoms with van der Waals surface area (Å²) < 4.78 is 27.3. The number of hydrogen-bond donors (Lipinski definition) is 1. The fourth-order valence-electron chi connectivity index (χ4n) is 4.13. The van der Waals surface area contributed by atoms with Crippen LogP contribution in [0.15, 0.2) is 29.2 Å². The molecule has 3 rings (SSSR count). The molecule has 2 aliphatic rings. The minimum absolute atomic E-state index is 0.0529. The molecule has 1 aromatic carbocycles. The number of amides is 1. The van der Waals surface area contributed by atoms with E-state index in [1.54, 1.807) is 23.5 Å². The molecular formula is C17H24N2O3S. The lowest BCUT2D eigenvalue weighted by molar-refractivity contribution is -0.127. The molecule has 126 valence electrons. The fourth-order valence-corrected chi connectivity index (χ4v) is 5.67. The van der Waals surface area contributed by atoms with Crippen LogP contribution in [0.5, 0.6) is 0 Å². The van der Waals surface area contributed by atoms with E-state index in [9.17, 15) is 13.2 Å². The molecule has 0 radical (unpaired) electrons. The van der Waals surface area contributed by atoms with Crippen molar-refractivity contribution < 1.29 is 13.2 Å². The molecule has 1 aliphatic heterocycles. The van der Waals surface area contributed by atoms with Crippen molar-refractivity contribution in [3.05, 3.63) is 29.8 Å². The van der Waals surface area contributed by atoms with Crippen molar-refractivity contribution in [3.63, 3.8) is 0 Å². The van der Waals surface area contributed by atoms with Crippen LogP contribution in [0, 0.1) is 18.3 Å². The highest BCUT2D eigenvalue weighted by Gasteiger charge is 2.52. The standard InChI is InChI=1S/C17H24N2O3S/c1-13-5-7-14(8-6-13)23(21,22)19-11-10-17(12-19)9-3-4-15(17)16(20)18-2/h5-8,15H,3-4,9-12H2,1-2H3,(H,18,20)/t15-,17-/m1/s1. The van der Waals surface area contributed by atoms with Crippen LogP contribution in [0.1, 0.15) is 31.2 Å². The Kier molecular flexibility index (Phi) is 4.23. The minimum Gasteiger partial charge on any atom is -0.359 e. The first-order chi connectivity index (χ1) is 10.9. The second kappa shape index (κ2) is 5.91. The molecule has 2 fully saturated rings. The van der Waals surface area contributed by atoms with Gasteiger partial charge in [0, 0.05) is 26.1 Å². The van der Waals surface area contributed by atoms with Crippen molar-refractivity contribution in [2.75, 3.05) is 20.1 Å². The van der Waals surface area contributed by atoms with E-state index in [2.05, 4.69) is 5.32 Å². The van der Waals surface area contributed by atoms with Gasteiger partial charge in [-0.3, -0.25) is 4.79 Å². The SMILES string of the molecule is CNC(=O)[C@H]1CCC[C@]12CCN(S(=O)(=O)c1ccc(C)cc1)C2. The second-order valence-corrected chi connectivity index (χ2v) is 8.76. The molecule has 23 heavy (non-hydrogen) atoms. The number of rotatable bonds is 3. The molecule has 0 unspecified atom stereocenters. The van der Waals surface area contributed by atoms with Gasteiger partial charge >= 0.3 is 0 Å². The molecule has 0 aromatic heterocycles. The summed E-state index contributed by atoms with van der Waals surface area (Å²) in [7, 11) is -1.82. The molecule has 1 heterocycles. The van der Waals surface area contributed by atoms with Crippen molar-refractivity contribution in [1.82, 2.24) is 9.62 Å². The van der Waals surface area contributed by atoms with E-state index in [1.807, 2.05) is 19.1 Å². The Morgan fingerprint density at radius 1 is 1.26 bits per heavy atom. The Morgan fingerprint density at radius 3 is 2.61 bits per heavy atom. The van der Waals surface area contributed by atoms with Crippen molar-refractivity contribution in [2.45, 2.75) is 37.5 Å². The van der Waals surface area contributed by atoms with Gasteiger partial charge in [0.1, 0.15) is 0 Å². The van der Waals surface area contributed by atoms with E-state index < -0.39 is 10.0 Å². The largest absolute Gasteiger partial charge is 0.359 e. The summed E-state index contributed by atoms with van der Waals surface area (Å²) in [6.45, 7) is 2.90. The predicted molar refractivity (Wildman–Crippen MR) is 88.4 cm³/mol. The van der Waals surface area contributed by atoms with E-state index >= 15 is 0 Å². The molecule has 2 atom stereocenters. The third kappa shape index (κ3) is 2.78. The lowest BCUT2D eigenvalue weighted by Crippen LogP contribution is -2.40. The third-order valence-electron chi connectivity index (χ3n) is 5.48. The lowest BCUT2D eigenvalue weighted by atomic mass is 9.76. The number of aryl methyl sites for hydroxylation is 1. The fraction of sp³-hybridized carbons (Fsp3) is 0.588. The smallest absolute Gasteiger partial charge is 0.243 e. The van der Waals surface area contributed by atoms with Gasteiger partial charge in [0.2, 0.25) is 15.9 Å². The summed E-state index contributed by atoms with van der Waals surface area (Å²) >= 11 is 0. The van der Waals surface area contributed by atoms with Gasteiger partial charge in [-0.2, -0.15) is 4.31 Å². The van der Waals surface area contributed by atoms with Gasteiger partial charge in [-0.05, 0) is 43.7 Å². The van der Waals surface area contributed by atoms with Crippen LogP contribution in [0.3, 0.4) is 0 Å². The number of nitrogens with one attached hydrogen (secondary N) is 1. The van der Waals surface area contributed by atoms with E-state index in [1.165, 1.54) is 0 Å². The van der Waals surface area contributed by atoms with Crippen LogP contribution in [-0.2, 0) is 14.8 Å². The van der Waals surface area contributed by atoms with Crippen molar-refractivity contribution in [2.24, 2.45) is 11.3 Å². The second-order valence-electron chi connectivity index (χ2n) is 6.82. The number of benzene rings is 1. The van der Waals surface area contributed by atoms with Gasteiger partial charge in [0.15, 0.2) is 0 Å². The molecule has 1 spiro atoms. The molecule has 5 nitrogen and oxygen atoms in total. The number of carbonyl (C=O) groups is 1. The molecule has 1 saturated carbocycles. The van der Waals surface area contributed by atoms with Crippen LogP contribution in [0.25, 0.3) is 0 Å². The van der Waals surface area contributed by atoms with Crippen LogP contribution in [-0.4, -0.2) is 38.8 Å². The molecule has 1 amide bonds. The van der Waals surface area contributed by atoms with Gasteiger partial charge in [-0.15, -0.1) is 0 Å². The zero-order chi connectivity index (χ0) is 16.7. The minimum atomic E-state index is -3.47. The Hall–Kier alpha value is -1.40. The monoisotopic (exact) mass is 336 g/mol. The molecule has 1 saturated heterocycles. The normalized spacial score (nSPS) is 28.3. The number of nitrogens with zero attached hydrogens (tertiary/aromatic N) is 1. The summed E-state index contributed by atoms with van der Waals surface area (Å²) in [4.78, 5) is 12.5. The summed E-state index contributed by atoms with van der Waals surface area (Å²) in [5.41, 5.74) is 0.857.